The van der Waals surface area contributed by atoms with Crippen LogP contribution >= 0.6 is 0 Å². The first-order valence-electron chi connectivity index (χ1n) is 10.8. The van der Waals surface area contributed by atoms with Crippen molar-refractivity contribution in [2.45, 2.75) is 23.6 Å². The quantitative estimate of drug-likeness (QED) is 0.317. The van der Waals surface area contributed by atoms with Crippen molar-refractivity contribution < 1.29 is 26.9 Å². The third kappa shape index (κ3) is 6.20. The molecular formula is C25H21F3N4O4S. The Bertz CT molecular complexity index is 1490. The zero-order valence-electron chi connectivity index (χ0n) is 19.7. The first-order valence-corrected chi connectivity index (χ1v) is 12.1. The Hall–Kier alpha value is -4.06. The average Bonchev–Trinajstić information content (AvgIpc) is 2.89. The number of rotatable bonds is 8. The fourth-order valence-corrected chi connectivity index (χ4v) is 4.50. The van der Waals surface area contributed by atoms with Gasteiger partial charge in [-0.2, -0.15) is 13.2 Å². The highest BCUT2D eigenvalue weighted by Gasteiger charge is 2.34. The predicted molar refractivity (Wildman–Crippen MR) is 130 cm³/mol. The minimum Gasteiger partial charge on any atom is -0.493 e. The van der Waals surface area contributed by atoms with Crippen molar-refractivity contribution in [1.82, 2.24) is 19.5 Å². The van der Waals surface area contributed by atoms with Crippen LogP contribution in [-0.4, -0.2) is 37.9 Å². The summed E-state index contributed by atoms with van der Waals surface area (Å²) in [5.41, 5.74) is -0.222. The van der Waals surface area contributed by atoms with Crippen LogP contribution in [0.3, 0.4) is 0 Å². The number of nitrogens with zero attached hydrogens (tertiary/aromatic N) is 4. The molecular weight excluding hydrogens is 509 g/mol. The first kappa shape index (κ1) is 26.0. The fourth-order valence-electron chi connectivity index (χ4n) is 3.50. The lowest BCUT2D eigenvalue weighted by molar-refractivity contribution is -0.141. The van der Waals surface area contributed by atoms with Crippen molar-refractivity contribution in [3.8, 4) is 22.8 Å². The van der Waals surface area contributed by atoms with Gasteiger partial charge in [-0.25, -0.2) is 9.97 Å². The van der Waals surface area contributed by atoms with Crippen molar-refractivity contribution in [2.75, 3.05) is 14.2 Å². The van der Waals surface area contributed by atoms with Crippen LogP contribution in [0, 0.1) is 0 Å². The van der Waals surface area contributed by atoms with Crippen molar-refractivity contribution in [3.63, 3.8) is 0 Å². The highest BCUT2D eigenvalue weighted by atomic mass is 32.2. The molecule has 12 heteroatoms. The molecule has 0 aliphatic rings. The Morgan fingerprint density at radius 2 is 1.76 bits per heavy atom. The number of aromatic nitrogens is 4. The zero-order chi connectivity index (χ0) is 26.6. The molecule has 8 nitrogen and oxygen atoms in total. The summed E-state index contributed by atoms with van der Waals surface area (Å²) in [4.78, 5) is 24.1. The van der Waals surface area contributed by atoms with Gasteiger partial charge in [0.25, 0.3) is 5.56 Å². The molecule has 0 amide bonds. The van der Waals surface area contributed by atoms with Crippen LogP contribution in [-0.2, 0) is 29.3 Å². The van der Waals surface area contributed by atoms with Crippen molar-refractivity contribution in [3.05, 3.63) is 94.3 Å². The maximum absolute atomic E-state index is 13.6. The first-order chi connectivity index (χ1) is 17.7. The van der Waals surface area contributed by atoms with Gasteiger partial charge in [0, 0.05) is 30.2 Å². The minimum atomic E-state index is -4.79. The Morgan fingerprint density at radius 1 is 0.973 bits per heavy atom. The van der Waals surface area contributed by atoms with Gasteiger partial charge in [0.2, 0.25) is 5.16 Å². The van der Waals surface area contributed by atoms with E-state index in [1.54, 1.807) is 30.3 Å². The number of methoxy groups -OCH3 is 2. The molecule has 0 saturated heterocycles. The van der Waals surface area contributed by atoms with Crippen LogP contribution < -0.4 is 15.0 Å². The normalized spacial score (nSPS) is 12.2. The Balaban J connectivity index is 1.72. The van der Waals surface area contributed by atoms with E-state index in [1.807, 2.05) is 0 Å². The molecule has 4 rings (SSSR count). The van der Waals surface area contributed by atoms with Gasteiger partial charge in [0.15, 0.2) is 11.5 Å². The summed E-state index contributed by atoms with van der Waals surface area (Å²) < 4.78 is 65.6. The van der Waals surface area contributed by atoms with Crippen molar-refractivity contribution >= 4 is 10.8 Å². The highest BCUT2D eigenvalue weighted by molar-refractivity contribution is 7.84. The van der Waals surface area contributed by atoms with Crippen molar-refractivity contribution in [2.24, 2.45) is 0 Å². The molecule has 0 radical (unpaired) electrons. The molecule has 37 heavy (non-hydrogen) atoms. The molecule has 0 fully saturated rings. The van der Waals surface area contributed by atoms with E-state index in [1.165, 1.54) is 49.5 Å². The minimum absolute atomic E-state index is 0.104. The summed E-state index contributed by atoms with van der Waals surface area (Å²) in [6, 6.07) is 11.8. The van der Waals surface area contributed by atoms with Crippen LogP contribution in [0.5, 0.6) is 11.5 Å². The molecule has 1 unspecified atom stereocenters. The largest absolute Gasteiger partial charge is 0.493 e. The zero-order valence-corrected chi connectivity index (χ0v) is 20.5. The number of pyridine rings is 2. The molecule has 3 aromatic heterocycles. The van der Waals surface area contributed by atoms with E-state index in [0.717, 1.165) is 6.07 Å². The number of ether oxygens (including phenoxy) is 2. The van der Waals surface area contributed by atoms with Gasteiger partial charge in [-0.3, -0.25) is 14.0 Å². The number of hydrogen-bond acceptors (Lipinski definition) is 7. The third-order valence-electron chi connectivity index (χ3n) is 5.30. The number of hydrogen-bond donors (Lipinski definition) is 0. The summed E-state index contributed by atoms with van der Waals surface area (Å²) in [6.45, 7) is 0.115. The summed E-state index contributed by atoms with van der Waals surface area (Å²) in [5.74, 6) is 0.878. The maximum atomic E-state index is 13.6. The van der Waals surface area contributed by atoms with Crippen LogP contribution in [0.15, 0.2) is 77.1 Å². The molecule has 192 valence electrons. The molecule has 1 aromatic carbocycles. The van der Waals surface area contributed by atoms with Crippen LogP contribution in [0.4, 0.5) is 13.2 Å². The number of halogens is 3. The monoisotopic (exact) mass is 530 g/mol. The summed E-state index contributed by atoms with van der Waals surface area (Å²) >= 11 is 0. The van der Waals surface area contributed by atoms with Gasteiger partial charge in [0.1, 0.15) is 5.69 Å². The van der Waals surface area contributed by atoms with Gasteiger partial charge < -0.3 is 14.0 Å². The van der Waals surface area contributed by atoms with E-state index in [9.17, 15) is 22.2 Å². The van der Waals surface area contributed by atoms with E-state index < -0.39 is 27.8 Å². The lowest BCUT2D eigenvalue weighted by Gasteiger charge is -2.13. The fraction of sp³-hybridized carbons (Fsp3) is 0.200. The lowest BCUT2D eigenvalue weighted by Crippen LogP contribution is -2.19. The molecule has 0 spiro atoms. The molecule has 0 saturated carbocycles. The highest BCUT2D eigenvalue weighted by Crippen LogP contribution is 2.31. The second-order valence-electron chi connectivity index (χ2n) is 7.84. The van der Waals surface area contributed by atoms with E-state index in [2.05, 4.69) is 15.0 Å². The van der Waals surface area contributed by atoms with Gasteiger partial charge in [0.05, 0.1) is 43.0 Å². The van der Waals surface area contributed by atoms with Crippen LogP contribution in [0.1, 0.15) is 16.8 Å². The molecule has 3 heterocycles. The molecule has 0 bridgehead atoms. The van der Waals surface area contributed by atoms with Gasteiger partial charge in [-0.1, -0.05) is 12.1 Å². The van der Waals surface area contributed by atoms with Crippen molar-refractivity contribution in [1.29, 1.82) is 0 Å². The molecule has 1 atom stereocenters. The molecule has 0 aliphatic carbocycles. The van der Waals surface area contributed by atoms with Gasteiger partial charge in [-0.15, -0.1) is 0 Å². The lowest BCUT2D eigenvalue weighted by atomic mass is 10.1. The standard InChI is InChI=1S/C25H21F3N4O4S/c1-35-20-7-5-16(10-21(20)36-2)13-32-14-18(6-8-23(32)33)19-11-22(25(26,27)28)31-24(30-19)37(34)15-17-4-3-9-29-12-17/h3-12,14H,13,15H2,1-2H3. The smallest absolute Gasteiger partial charge is 0.433 e. The maximum Gasteiger partial charge on any atom is 0.433 e. The van der Waals surface area contributed by atoms with Gasteiger partial charge >= 0.3 is 6.18 Å². The second kappa shape index (κ2) is 10.9. The predicted octanol–water partition coefficient (Wildman–Crippen LogP) is 4.09. The summed E-state index contributed by atoms with van der Waals surface area (Å²) in [5, 5.41) is -0.466. The Labute approximate surface area is 212 Å². The number of alkyl halides is 3. The SMILES string of the molecule is COc1ccc(Cn2cc(-c3cc(C(F)(F)F)nc(S(=O)Cc4cccnc4)n3)ccc2=O)cc1OC. The van der Waals surface area contributed by atoms with E-state index >= 15 is 0 Å². The summed E-state index contributed by atoms with van der Waals surface area (Å²) in [6.07, 6.45) is -0.396. The Morgan fingerprint density at radius 3 is 2.43 bits per heavy atom. The molecule has 0 aliphatic heterocycles. The van der Waals surface area contributed by atoms with Crippen LogP contribution in [0.2, 0.25) is 0 Å². The van der Waals surface area contributed by atoms with Crippen LogP contribution in [0.25, 0.3) is 11.3 Å². The van der Waals surface area contributed by atoms with E-state index in [-0.39, 0.29) is 29.1 Å². The second-order valence-corrected chi connectivity index (χ2v) is 9.19. The van der Waals surface area contributed by atoms with E-state index in [4.69, 9.17) is 9.47 Å². The molecule has 0 N–H and O–H groups in total. The average molecular weight is 531 g/mol. The third-order valence-corrected chi connectivity index (χ3v) is 6.49. The van der Waals surface area contributed by atoms with Gasteiger partial charge in [-0.05, 0) is 41.5 Å². The summed E-state index contributed by atoms with van der Waals surface area (Å²) in [7, 11) is 1.02. The number of benzene rings is 1. The molecule has 4 aromatic rings. The Kier molecular flexibility index (Phi) is 7.67. The van der Waals surface area contributed by atoms with E-state index in [0.29, 0.717) is 22.6 Å². The topological polar surface area (TPSA) is 96.2 Å².